The van der Waals surface area contributed by atoms with E-state index in [1.54, 1.807) is 36.4 Å². The molecule has 0 saturated carbocycles. The zero-order valence-electron chi connectivity index (χ0n) is 15.7. The van der Waals surface area contributed by atoms with Crippen molar-refractivity contribution in [1.29, 1.82) is 0 Å². The molecule has 1 aliphatic rings. The van der Waals surface area contributed by atoms with E-state index in [4.69, 9.17) is 4.74 Å². The number of carbonyl (C=O) groups excluding carboxylic acids is 1. The minimum Gasteiger partial charge on any atom is -0.493 e. The molecule has 0 fully saturated rings. The zero-order chi connectivity index (χ0) is 19.6. The molecule has 1 amide bonds. The molecule has 0 radical (unpaired) electrons. The summed E-state index contributed by atoms with van der Waals surface area (Å²) in [7, 11) is 0. The Balaban J connectivity index is 1.86. The van der Waals surface area contributed by atoms with Crippen molar-refractivity contribution in [2.24, 2.45) is 5.41 Å². The maximum absolute atomic E-state index is 12.5. The van der Waals surface area contributed by atoms with Crippen LogP contribution in [-0.4, -0.2) is 34.5 Å². The summed E-state index contributed by atoms with van der Waals surface area (Å²) in [6, 6.07) is 16.0. The number of ether oxygens (including phenoxy) is 1. The topological polar surface area (TPSA) is 66.8 Å². The summed E-state index contributed by atoms with van der Waals surface area (Å²) in [6.45, 7) is 6.30. The van der Waals surface area contributed by atoms with Gasteiger partial charge in [0.2, 0.25) is 0 Å². The van der Waals surface area contributed by atoms with Crippen molar-refractivity contribution in [1.82, 2.24) is 4.90 Å². The molecule has 5 nitrogen and oxygen atoms in total. The molecule has 1 aliphatic heterocycles. The van der Waals surface area contributed by atoms with Crippen LogP contribution in [0.4, 0.5) is 4.79 Å². The molecule has 5 heteroatoms. The number of rotatable bonds is 3. The van der Waals surface area contributed by atoms with E-state index in [0.29, 0.717) is 22.4 Å². The van der Waals surface area contributed by atoms with Gasteiger partial charge in [-0.2, -0.15) is 0 Å². The second-order valence-electron chi connectivity index (χ2n) is 7.66. The molecule has 0 bridgehead atoms. The molecule has 0 spiro atoms. The lowest BCUT2D eigenvalue weighted by Crippen LogP contribution is -2.44. The Morgan fingerprint density at radius 2 is 1.59 bits per heavy atom. The molecular weight excluding hydrogens is 342 g/mol. The number of nitrogens with zero attached hydrogens (tertiary/aromatic N) is 1. The van der Waals surface area contributed by atoms with Gasteiger partial charge >= 0.3 is 6.09 Å². The summed E-state index contributed by atoms with van der Waals surface area (Å²) in [6.07, 6.45) is 0.251. The van der Waals surface area contributed by atoms with Crippen LogP contribution in [0.15, 0.2) is 60.9 Å². The first-order chi connectivity index (χ1) is 12.8. The molecule has 0 aromatic heterocycles. The van der Waals surface area contributed by atoms with Crippen molar-refractivity contribution in [3.8, 4) is 0 Å². The van der Waals surface area contributed by atoms with Crippen molar-refractivity contribution in [2.75, 3.05) is 6.54 Å². The average molecular weight is 365 g/mol. The van der Waals surface area contributed by atoms with Crippen LogP contribution in [0.2, 0.25) is 0 Å². The predicted molar refractivity (Wildman–Crippen MR) is 103 cm³/mol. The molecule has 1 heterocycles. The summed E-state index contributed by atoms with van der Waals surface area (Å²) in [5.41, 5.74) is 2.15. The van der Waals surface area contributed by atoms with Gasteiger partial charge in [-0.3, -0.25) is 9.69 Å². The van der Waals surface area contributed by atoms with Gasteiger partial charge in [0.05, 0.1) is 12.2 Å². The Bertz CT molecular complexity index is 863. The normalized spacial score (nSPS) is 17.1. The molecule has 3 rings (SSSR count). The molecule has 27 heavy (non-hydrogen) atoms. The fourth-order valence-electron chi connectivity index (χ4n) is 2.95. The van der Waals surface area contributed by atoms with Gasteiger partial charge in [-0.15, -0.1) is 0 Å². The highest BCUT2D eigenvalue weighted by molar-refractivity contribution is 6.09. The third-order valence-corrected chi connectivity index (χ3v) is 4.66. The SMILES string of the molecule is CC(C)(C)C1CN(C(=O)O)C(c2ccc(C(=O)c3ccccc3)cc2)=CO1. The Kier molecular flexibility index (Phi) is 5.04. The lowest BCUT2D eigenvalue weighted by atomic mass is 9.88. The van der Waals surface area contributed by atoms with E-state index in [-0.39, 0.29) is 23.8 Å². The highest BCUT2D eigenvalue weighted by Gasteiger charge is 2.34. The highest BCUT2D eigenvalue weighted by atomic mass is 16.5. The minimum atomic E-state index is -1.02. The third-order valence-electron chi connectivity index (χ3n) is 4.66. The van der Waals surface area contributed by atoms with Crippen LogP contribution in [0, 0.1) is 5.41 Å². The number of carbonyl (C=O) groups is 2. The first-order valence-corrected chi connectivity index (χ1v) is 8.83. The quantitative estimate of drug-likeness (QED) is 0.805. The largest absolute Gasteiger partial charge is 0.493 e. The second-order valence-corrected chi connectivity index (χ2v) is 7.66. The van der Waals surface area contributed by atoms with Crippen LogP contribution >= 0.6 is 0 Å². The lowest BCUT2D eigenvalue weighted by Gasteiger charge is -2.38. The van der Waals surface area contributed by atoms with Crippen molar-refractivity contribution < 1.29 is 19.4 Å². The maximum Gasteiger partial charge on any atom is 0.412 e. The standard InChI is InChI=1S/C22H23NO4/c1-22(2,3)19-13-23(21(25)26)18(14-27-19)15-9-11-17(12-10-15)20(24)16-7-5-4-6-8-16/h4-12,14,19H,13H2,1-3H3,(H,25,26). The van der Waals surface area contributed by atoms with E-state index in [0.717, 1.165) is 0 Å². The first-order valence-electron chi connectivity index (χ1n) is 8.83. The van der Waals surface area contributed by atoms with Crippen LogP contribution in [0.1, 0.15) is 42.3 Å². The number of hydrogen-bond acceptors (Lipinski definition) is 3. The fourth-order valence-corrected chi connectivity index (χ4v) is 2.95. The second kappa shape index (κ2) is 7.27. The van der Waals surface area contributed by atoms with Crippen LogP contribution in [0.25, 0.3) is 5.70 Å². The van der Waals surface area contributed by atoms with Crippen LogP contribution < -0.4 is 0 Å². The van der Waals surface area contributed by atoms with Gasteiger partial charge in [-0.05, 0) is 0 Å². The molecule has 140 valence electrons. The van der Waals surface area contributed by atoms with E-state index in [2.05, 4.69) is 0 Å². The van der Waals surface area contributed by atoms with E-state index in [9.17, 15) is 14.7 Å². The van der Waals surface area contributed by atoms with E-state index in [1.165, 1.54) is 11.2 Å². The molecule has 1 atom stereocenters. The summed E-state index contributed by atoms with van der Waals surface area (Å²) in [5.74, 6) is -0.0705. The van der Waals surface area contributed by atoms with Crippen molar-refractivity contribution in [2.45, 2.75) is 26.9 Å². The summed E-state index contributed by atoms with van der Waals surface area (Å²) in [5, 5.41) is 9.62. The molecule has 2 aromatic rings. The lowest BCUT2D eigenvalue weighted by molar-refractivity contribution is 0.0144. The summed E-state index contributed by atoms with van der Waals surface area (Å²) >= 11 is 0. The Morgan fingerprint density at radius 1 is 1.00 bits per heavy atom. The Labute approximate surface area is 158 Å². The monoisotopic (exact) mass is 365 g/mol. The van der Waals surface area contributed by atoms with Crippen LogP contribution in [0.3, 0.4) is 0 Å². The Hall–Kier alpha value is -3.08. The first kappa shape index (κ1) is 18.7. The predicted octanol–water partition coefficient (Wildman–Crippen LogP) is 4.64. The number of ketones is 1. The van der Waals surface area contributed by atoms with Crippen LogP contribution in [0.5, 0.6) is 0 Å². The van der Waals surface area contributed by atoms with Gasteiger partial charge in [0.15, 0.2) is 5.78 Å². The number of benzene rings is 2. The molecule has 2 aromatic carbocycles. The van der Waals surface area contributed by atoms with E-state index >= 15 is 0 Å². The van der Waals surface area contributed by atoms with Crippen molar-refractivity contribution >= 4 is 17.6 Å². The molecule has 1 N–H and O–H groups in total. The molecule has 0 aliphatic carbocycles. The van der Waals surface area contributed by atoms with Gasteiger partial charge in [0, 0.05) is 22.1 Å². The molecule has 0 saturated heterocycles. The fraction of sp³-hybridized carbons (Fsp3) is 0.273. The van der Waals surface area contributed by atoms with Gasteiger partial charge in [0.1, 0.15) is 12.4 Å². The highest BCUT2D eigenvalue weighted by Crippen LogP contribution is 2.32. The van der Waals surface area contributed by atoms with E-state index < -0.39 is 6.09 Å². The minimum absolute atomic E-state index is 0.0705. The number of amides is 1. The Morgan fingerprint density at radius 3 is 2.15 bits per heavy atom. The van der Waals surface area contributed by atoms with Crippen LogP contribution in [-0.2, 0) is 4.74 Å². The number of carboxylic acid groups (broad SMARTS) is 1. The zero-order valence-corrected chi connectivity index (χ0v) is 15.7. The van der Waals surface area contributed by atoms with Crippen molar-refractivity contribution in [3.05, 3.63) is 77.5 Å². The average Bonchev–Trinajstić information content (AvgIpc) is 2.67. The van der Waals surface area contributed by atoms with Gasteiger partial charge in [-0.25, -0.2) is 4.79 Å². The van der Waals surface area contributed by atoms with Gasteiger partial charge < -0.3 is 9.84 Å². The van der Waals surface area contributed by atoms with E-state index in [1.807, 2.05) is 39.0 Å². The number of hydrogen-bond donors (Lipinski definition) is 1. The summed E-state index contributed by atoms with van der Waals surface area (Å²) in [4.78, 5) is 25.6. The molecule has 1 unspecified atom stereocenters. The maximum atomic E-state index is 12.5. The third kappa shape index (κ3) is 4.03. The smallest absolute Gasteiger partial charge is 0.412 e. The summed E-state index contributed by atoms with van der Waals surface area (Å²) < 4.78 is 5.80. The van der Waals surface area contributed by atoms with Gasteiger partial charge in [0.25, 0.3) is 0 Å². The molecular formula is C22H23NO4. The van der Waals surface area contributed by atoms with Crippen molar-refractivity contribution in [3.63, 3.8) is 0 Å². The van der Waals surface area contributed by atoms with Gasteiger partial charge in [-0.1, -0.05) is 75.4 Å².